The van der Waals surface area contributed by atoms with E-state index in [9.17, 15) is 4.79 Å². The SMILES string of the molecule is Nc1cc(-c2c(Cl)c(Cl)c(Cl)c(Cl)c2Cl)c[nH]c1=O. The number of H-pyrrole nitrogens is 1. The van der Waals surface area contributed by atoms with Gasteiger partial charge in [0.25, 0.3) is 5.56 Å². The van der Waals surface area contributed by atoms with E-state index < -0.39 is 5.56 Å². The van der Waals surface area contributed by atoms with Gasteiger partial charge in [-0.25, -0.2) is 0 Å². The Morgan fingerprint density at radius 1 is 0.895 bits per heavy atom. The topological polar surface area (TPSA) is 58.9 Å². The zero-order chi connectivity index (χ0) is 14.3. The Bertz CT molecular complexity index is 697. The van der Waals surface area contributed by atoms with Crippen LogP contribution in [-0.2, 0) is 0 Å². The molecule has 0 atom stereocenters. The van der Waals surface area contributed by atoms with E-state index in [2.05, 4.69) is 4.98 Å². The van der Waals surface area contributed by atoms with Gasteiger partial charge >= 0.3 is 0 Å². The highest BCUT2D eigenvalue weighted by Gasteiger charge is 2.20. The standard InChI is InChI=1S/C11H5Cl5N2O/c12-6-5(3-1-4(17)11(19)18-2-3)7(13)9(15)10(16)8(6)14/h1-2H,17H2,(H,18,19). The molecule has 1 aromatic heterocycles. The van der Waals surface area contributed by atoms with Gasteiger partial charge in [-0.15, -0.1) is 0 Å². The Morgan fingerprint density at radius 3 is 1.84 bits per heavy atom. The largest absolute Gasteiger partial charge is 0.394 e. The Hall–Kier alpha value is -0.580. The maximum absolute atomic E-state index is 11.2. The number of nitrogens with two attached hydrogens (primary N) is 1. The van der Waals surface area contributed by atoms with Crippen molar-refractivity contribution in [1.82, 2.24) is 4.98 Å². The third kappa shape index (κ3) is 2.54. The molecular formula is C11H5Cl5N2O. The summed E-state index contributed by atoms with van der Waals surface area (Å²) in [4.78, 5) is 13.7. The van der Waals surface area contributed by atoms with E-state index in [0.717, 1.165) is 0 Å². The summed E-state index contributed by atoms with van der Waals surface area (Å²) >= 11 is 30.1. The monoisotopic (exact) mass is 356 g/mol. The van der Waals surface area contributed by atoms with Crippen LogP contribution in [0.4, 0.5) is 5.69 Å². The van der Waals surface area contributed by atoms with Gasteiger partial charge in [-0.05, 0) is 6.07 Å². The number of anilines is 1. The zero-order valence-corrected chi connectivity index (χ0v) is 12.8. The molecule has 2 aromatic rings. The smallest absolute Gasteiger partial charge is 0.271 e. The number of benzene rings is 1. The molecule has 0 fully saturated rings. The second-order valence-corrected chi connectivity index (χ2v) is 5.51. The third-order valence-electron chi connectivity index (χ3n) is 2.43. The van der Waals surface area contributed by atoms with Crippen LogP contribution in [-0.4, -0.2) is 4.98 Å². The Labute approximate surface area is 133 Å². The molecule has 1 aromatic carbocycles. The Balaban J connectivity index is 2.82. The van der Waals surface area contributed by atoms with Gasteiger partial charge in [0.15, 0.2) is 0 Å². The highest BCUT2D eigenvalue weighted by Crippen LogP contribution is 2.48. The van der Waals surface area contributed by atoms with Crippen molar-refractivity contribution in [2.24, 2.45) is 0 Å². The molecule has 0 saturated carbocycles. The molecule has 1 heterocycles. The van der Waals surface area contributed by atoms with E-state index in [1.165, 1.54) is 12.3 Å². The molecule has 0 radical (unpaired) electrons. The van der Waals surface area contributed by atoms with Crippen molar-refractivity contribution in [3.05, 3.63) is 47.7 Å². The van der Waals surface area contributed by atoms with E-state index in [1.807, 2.05) is 0 Å². The zero-order valence-electron chi connectivity index (χ0n) is 9.03. The minimum absolute atomic E-state index is 0.0202. The number of nitrogen functional groups attached to an aromatic ring is 1. The van der Waals surface area contributed by atoms with Crippen LogP contribution in [0, 0.1) is 0 Å². The molecule has 3 N–H and O–H groups in total. The van der Waals surface area contributed by atoms with E-state index in [-0.39, 0.29) is 30.8 Å². The van der Waals surface area contributed by atoms with E-state index in [1.54, 1.807) is 0 Å². The van der Waals surface area contributed by atoms with Crippen LogP contribution in [0.2, 0.25) is 25.1 Å². The highest BCUT2D eigenvalue weighted by atomic mass is 35.5. The maximum Gasteiger partial charge on any atom is 0.271 e. The first kappa shape index (κ1) is 14.8. The van der Waals surface area contributed by atoms with Crippen LogP contribution in [0.1, 0.15) is 0 Å². The average molecular weight is 358 g/mol. The second-order valence-electron chi connectivity index (χ2n) is 3.62. The minimum Gasteiger partial charge on any atom is -0.394 e. The fraction of sp³-hybridized carbons (Fsp3) is 0. The summed E-state index contributed by atoms with van der Waals surface area (Å²) in [5.74, 6) is 0. The first-order chi connectivity index (χ1) is 8.84. The lowest BCUT2D eigenvalue weighted by Gasteiger charge is -2.12. The number of hydrogen-bond donors (Lipinski definition) is 2. The molecule has 0 aliphatic rings. The van der Waals surface area contributed by atoms with Gasteiger partial charge in [0.05, 0.1) is 30.8 Å². The lowest BCUT2D eigenvalue weighted by Crippen LogP contribution is -2.10. The average Bonchev–Trinajstić information content (AvgIpc) is 2.38. The minimum atomic E-state index is -0.415. The van der Waals surface area contributed by atoms with Crippen molar-refractivity contribution >= 4 is 63.7 Å². The predicted molar refractivity (Wildman–Crippen MR) is 82.0 cm³/mol. The summed E-state index contributed by atoms with van der Waals surface area (Å²) in [5.41, 5.74) is 5.98. The predicted octanol–water partition coefficient (Wildman–Crippen LogP) is 4.89. The van der Waals surface area contributed by atoms with E-state index in [0.29, 0.717) is 11.1 Å². The maximum atomic E-state index is 11.2. The van der Waals surface area contributed by atoms with Crippen molar-refractivity contribution < 1.29 is 0 Å². The number of hydrogen-bond acceptors (Lipinski definition) is 2. The van der Waals surface area contributed by atoms with E-state index >= 15 is 0 Å². The fourth-order valence-electron chi connectivity index (χ4n) is 1.50. The van der Waals surface area contributed by atoms with Gasteiger partial charge in [-0.3, -0.25) is 4.79 Å². The lowest BCUT2D eigenvalue weighted by atomic mass is 10.1. The molecule has 8 heteroatoms. The first-order valence-corrected chi connectivity index (χ1v) is 6.73. The van der Waals surface area contributed by atoms with Crippen LogP contribution in [0.15, 0.2) is 17.1 Å². The summed E-state index contributed by atoms with van der Waals surface area (Å²) in [5, 5.41) is 0.495. The van der Waals surface area contributed by atoms with Crippen LogP contribution >= 0.6 is 58.0 Å². The Morgan fingerprint density at radius 2 is 1.37 bits per heavy atom. The van der Waals surface area contributed by atoms with Crippen molar-refractivity contribution in [1.29, 1.82) is 0 Å². The summed E-state index contributed by atoms with van der Waals surface area (Å²) in [6, 6.07) is 1.42. The van der Waals surface area contributed by atoms with Gasteiger partial charge in [-0.2, -0.15) is 0 Å². The molecule has 0 aliphatic heterocycles. The van der Waals surface area contributed by atoms with Crippen LogP contribution in [0.3, 0.4) is 0 Å². The number of rotatable bonds is 1. The molecule has 19 heavy (non-hydrogen) atoms. The van der Waals surface area contributed by atoms with Gasteiger partial charge in [0, 0.05) is 17.3 Å². The first-order valence-electron chi connectivity index (χ1n) is 4.84. The van der Waals surface area contributed by atoms with Crippen molar-refractivity contribution in [3.8, 4) is 11.1 Å². The molecule has 0 spiro atoms. The van der Waals surface area contributed by atoms with Crippen molar-refractivity contribution in [2.75, 3.05) is 5.73 Å². The molecule has 0 unspecified atom stereocenters. The number of aromatic nitrogens is 1. The number of pyridine rings is 1. The molecule has 0 saturated heterocycles. The highest BCUT2D eigenvalue weighted by molar-refractivity contribution is 6.56. The summed E-state index contributed by atoms with van der Waals surface area (Å²) < 4.78 is 0. The van der Waals surface area contributed by atoms with Gasteiger partial charge in [0.2, 0.25) is 0 Å². The molecule has 2 rings (SSSR count). The third-order valence-corrected chi connectivity index (χ3v) is 4.71. The van der Waals surface area contributed by atoms with Crippen LogP contribution < -0.4 is 11.3 Å². The molecule has 0 bridgehead atoms. The number of halogens is 5. The number of aromatic amines is 1. The Kier molecular flexibility index (Phi) is 4.23. The summed E-state index contributed by atoms with van der Waals surface area (Å²) in [6.45, 7) is 0. The molecule has 100 valence electrons. The molecular weight excluding hydrogens is 353 g/mol. The summed E-state index contributed by atoms with van der Waals surface area (Å²) in [6.07, 6.45) is 1.41. The molecule has 0 aliphatic carbocycles. The fourth-order valence-corrected chi connectivity index (χ4v) is 2.86. The normalized spacial score (nSPS) is 10.8. The van der Waals surface area contributed by atoms with Crippen molar-refractivity contribution in [3.63, 3.8) is 0 Å². The lowest BCUT2D eigenvalue weighted by molar-refractivity contribution is 1.25. The molecule has 3 nitrogen and oxygen atoms in total. The van der Waals surface area contributed by atoms with E-state index in [4.69, 9.17) is 63.7 Å². The van der Waals surface area contributed by atoms with Gasteiger partial charge in [-0.1, -0.05) is 58.0 Å². The van der Waals surface area contributed by atoms with Gasteiger partial charge < -0.3 is 10.7 Å². The second kappa shape index (κ2) is 5.43. The summed E-state index contributed by atoms with van der Waals surface area (Å²) in [7, 11) is 0. The van der Waals surface area contributed by atoms with Crippen molar-refractivity contribution in [2.45, 2.75) is 0 Å². The van der Waals surface area contributed by atoms with Gasteiger partial charge in [0.1, 0.15) is 0 Å². The van der Waals surface area contributed by atoms with Crippen LogP contribution in [0.25, 0.3) is 11.1 Å². The van der Waals surface area contributed by atoms with Crippen LogP contribution in [0.5, 0.6) is 0 Å². The number of nitrogens with one attached hydrogen (secondary N) is 1. The molecule has 0 amide bonds. The quantitative estimate of drug-likeness (QED) is 0.563.